The molecule has 20 heavy (non-hydrogen) atoms. The molecule has 0 aliphatic rings. The largest absolute Gasteiger partial charge is 0.480 e. The smallest absolute Gasteiger partial charge is 0.324 e. The molecule has 0 aliphatic heterocycles. The molecule has 0 bridgehead atoms. The number of hydrogen-bond donors (Lipinski definition) is 1. The number of carboxylic acid groups (broad SMARTS) is 1. The summed E-state index contributed by atoms with van der Waals surface area (Å²) in [6.45, 7) is 1.73. The van der Waals surface area contributed by atoms with E-state index in [1.807, 2.05) is 18.4 Å². The summed E-state index contributed by atoms with van der Waals surface area (Å²) in [5, 5.41) is 17.4. The Morgan fingerprint density at radius 1 is 1.60 bits per heavy atom. The molecule has 0 amide bonds. The standard InChI is InChI=1S/C13H15N3O3S/c1-3-11(14-15(2)7-12(18)19)16-10(8-17)6-9-4-5-20-13(9)16/h4-6,8H,3,7H2,1-2H3,(H,18,19)/b14-11-. The Bertz CT molecular complexity index is 672. The lowest BCUT2D eigenvalue weighted by Gasteiger charge is -2.14. The highest BCUT2D eigenvalue weighted by atomic mass is 32.1. The van der Waals surface area contributed by atoms with Crippen molar-refractivity contribution in [3.05, 3.63) is 23.2 Å². The van der Waals surface area contributed by atoms with Gasteiger partial charge in [-0.15, -0.1) is 11.3 Å². The van der Waals surface area contributed by atoms with Crippen LogP contribution in [-0.4, -0.2) is 46.4 Å². The fourth-order valence-electron chi connectivity index (χ4n) is 2.00. The first-order chi connectivity index (χ1) is 9.56. The highest BCUT2D eigenvalue weighted by Crippen LogP contribution is 2.25. The summed E-state index contributed by atoms with van der Waals surface area (Å²) in [7, 11) is 1.60. The number of thiophene rings is 1. The number of rotatable bonds is 5. The molecule has 2 heterocycles. The van der Waals surface area contributed by atoms with E-state index in [2.05, 4.69) is 5.10 Å². The number of hydrogen-bond acceptors (Lipinski definition) is 5. The number of fused-ring (bicyclic) bond motifs is 1. The van der Waals surface area contributed by atoms with Crippen molar-refractivity contribution in [3.63, 3.8) is 0 Å². The molecule has 0 spiro atoms. The Kier molecular flexibility index (Phi) is 4.19. The van der Waals surface area contributed by atoms with Crippen LogP contribution in [0.2, 0.25) is 0 Å². The van der Waals surface area contributed by atoms with Crippen LogP contribution in [0.4, 0.5) is 0 Å². The maximum Gasteiger partial charge on any atom is 0.324 e. The first-order valence-electron chi connectivity index (χ1n) is 6.11. The maximum atomic E-state index is 11.2. The van der Waals surface area contributed by atoms with Crippen molar-refractivity contribution in [2.75, 3.05) is 13.6 Å². The highest BCUT2D eigenvalue weighted by Gasteiger charge is 2.14. The molecule has 106 valence electrons. The van der Waals surface area contributed by atoms with Crippen LogP contribution in [0, 0.1) is 0 Å². The van der Waals surface area contributed by atoms with Crippen LogP contribution in [0.25, 0.3) is 10.2 Å². The van der Waals surface area contributed by atoms with Gasteiger partial charge in [0.15, 0.2) is 6.29 Å². The maximum absolute atomic E-state index is 11.2. The van der Waals surface area contributed by atoms with Gasteiger partial charge in [-0.05, 0) is 17.5 Å². The summed E-state index contributed by atoms with van der Waals surface area (Å²) in [6.07, 6.45) is 1.38. The second-order valence-corrected chi connectivity index (χ2v) is 5.18. The van der Waals surface area contributed by atoms with Crippen LogP contribution in [0.5, 0.6) is 0 Å². The van der Waals surface area contributed by atoms with Crippen molar-refractivity contribution in [2.45, 2.75) is 13.3 Å². The van der Waals surface area contributed by atoms with Crippen LogP contribution in [0.3, 0.4) is 0 Å². The minimum atomic E-state index is -0.948. The number of aliphatic carboxylic acids is 1. The van der Waals surface area contributed by atoms with Crippen LogP contribution < -0.4 is 0 Å². The van der Waals surface area contributed by atoms with E-state index in [0.29, 0.717) is 18.0 Å². The summed E-state index contributed by atoms with van der Waals surface area (Å²) in [4.78, 5) is 22.8. The number of carbonyl (C=O) groups is 2. The molecule has 2 aromatic heterocycles. The Morgan fingerprint density at radius 2 is 2.35 bits per heavy atom. The molecule has 0 saturated heterocycles. The number of carboxylic acids is 1. The zero-order chi connectivity index (χ0) is 14.7. The molecule has 0 atom stereocenters. The average Bonchev–Trinajstić information content (AvgIpc) is 2.94. The van der Waals surface area contributed by atoms with E-state index < -0.39 is 5.97 Å². The van der Waals surface area contributed by atoms with E-state index in [9.17, 15) is 9.59 Å². The van der Waals surface area contributed by atoms with Gasteiger partial charge in [-0.3, -0.25) is 19.2 Å². The van der Waals surface area contributed by atoms with Crippen molar-refractivity contribution in [1.29, 1.82) is 0 Å². The average molecular weight is 293 g/mol. The van der Waals surface area contributed by atoms with Crippen molar-refractivity contribution >= 4 is 39.6 Å². The van der Waals surface area contributed by atoms with Gasteiger partial charge in [-0.25, -0.2) is 0 Å². The molecule has 6 nitrogen and oxygen atoms in total. The lowest BCUT2D eigenvalue weighted by molar-refractivity contribution is -0.137. The van der Waals surface area contributed by atoms with Crippen molar-refractivity contribution in [1.82, 2.24) is 9.58 Å². The van der Waals surface area contributed by atoms with Crippen LogP contribution in [-0.2, 0) is 4.79 Å². The molecule has 0 aliphatic carbocycles. The van der Waals surface area contributed by atoms with Crippen molar-refractivity contribution in [2.24, 2.45) is 5.10 Å². The van der Waals surface area contributed by atoms with Gasteiger partial charge < -0.3 is 5.11 Å². The van der Waals surface area contributed by atoms with Gasteiger partial charge in [0.05, 0.1) is 5.69 Å². The van der Waals surface area contributed by atoms with E-state index >= 15 is 0 Å². The van der Waals surface area contributed by atoms with Gasteiger partial charge in [0.1, 0.15) is 17.2 Å². The summed E-state index contributed by atoms with van der Waals surface area (Å²) in [5.41, 5.74) is 0.524. The van der Waals surface area contributed by atoms with Crippen LogP contribution in [0.15, 0.2) is 22.6 Å². The third-order valence-corrected chi connectivity index (χ3v) is 3.70. The number of aldehydes is 1. The lowest BCUT2D eigenvalue weighted by Crippen LogP contribution is -2.24. The molecule has 2 rings (SSSR count). The normalized spacial score (nSPS) is 11.8. The summed E-state index contributed by atoms with van der Waals surface area (Å²) < 4.78 is 1.78. The Morgan fingerprint density at radius 3 is 2.95 bits per heavy atom. The first-order valence-corrected chi connectivity index (χ1v) is 6.99. The molecule has 0 fully saturated rings. The molecule has 1 N–H and O–H groups in total. The molecule has 7 heteroatoms. The monoisotopic (exact) mass is 293 g/mol. The van der Waals surface area contributed by atoms with Crippen molar-refractivity contribution in [3.8, 4) is 0 Å². The van der Waals surface area contributed by atoms with E-state index in [1.165, 1.54) is 16.3 Å². The van der Waals surface area contributed by atoms with Gasteiger partial charge in [-0.2, -0.15) is 5.10 Å². The Balaban J connectivity index is 2.47. The minimum Gasteiger partial charge on any atom is -0.480 e. The highest BCUT2D eigenvalue weighted by molar-refractivity contribution is 7.17. The number of aromatic nitrogens is 1. The molecular formula is C13H15N3O3S. The Hall–Kier alpha value is -2.15. The number of hydrazone groups is 1. The SMILES string of the molecule is CC/C(=N/N(C)CC(=O)O)n1c(C=O)cc2ccsc21. The lowest BCUT2D eigenvalue weighted by atomic mass is 10.4. The van der Waals surface area contributed by atoms with E-state index in [4.69, 9.17) is 5.11 Å². The Labute approximate surface area is 119 Å². The van der Waals surface area contributed by atoms with E-state index in [0.717, 1.165) is 16.5 Å². The van der Waals surface area contributed by atoms with Crippen LogP contribution in [0.1, 0.15) is 23.8 Å². The topological polar surface area (TPSA) is 74.9 Å². The van der Waals surface area contributed by atoms with Gasteiger partial charge in [0.25, 0.3) is 0 Å². The quantitative estimate of drug-likeness (QED) is 0.396. The summed E-state index contributed by atoms with van der Waals surface area (Å²) in [6, 6.07) is 3.75. The number of nitrogens with zero attached hydrogens (tertiary/aromatic N) is 3. The van der Waals surface area contributed by atoms with Gasteiger partial charge in [0.2, 0.25) is 0 Å². The zero-order valence-corrected chi connectivity index (χ0v) is 12.1. The first kappa shape index (κ1) is 14.3. The minimum absolute atomic E-state index is 0.186. The van der Waals surface area contributed by atoms with Gasteiger partial charge in [0, 0.05) is 18.9 Å². The number of carbonyl (C=O) groups excluding carboxylic acids is 1. The third-order valence-electron chi connectivity index (χ3n) is 2.78. The molecule has 0 aromatic carbocycles. The third kappa shape index (κ3) is 2.72. The predicted molar refractivity (Wildman–Crippen MR) is 78.6 cm³/mol. The molecule has 0 unspecified atom stereocenters. The summed E-state index contributed by atoms with van der Waals surface area (Å²) in [5.74, 6) is -0.301. The zero-order valence-electron chi connectivity index (χ0n) is 11.2. The van der Waals surface area contributed by atoms with E-state index in [-0.39, 0.29) is 6.54 Å². The van der Waals surface area contributed by atoms with Crippen LogP contribution >= 0.6 is 11.3 Å². The second kappa shape index (κ2) is 5.87. The molecule has 0 radical (unpaired) electrons. The van der Waals surface area contributed by atoms with E-state index in [1.54, 1.807) is 17.7 Å². The molecule has 0 saturated carbocycles. The van der Waals surface area contributed by atoms with Gasteiger partial charge >= 0.3 is 5.97 Å². The second-order valence-electron chi connectivity index (χ2n) is 4.28. The molecule has 2 aromatic rings. The molecular weight excluding hydrogens is 278 g/mol. The fourth-order valence-corrected chi connectivity index (χ4v) is 2.92. The van der Waals surface area contributed by atoms with Crippen molar-refractivity contribution < 1.29 is 14.7 Å². The predicted octanol–water partition coefficient (Wildman–Crippen LogP) is 2.10. The summed E-state index contributed by atoms with van der Waals surface area (Å²) >= 11 is 1.52. The fraction of sp³-hybridized carbons (Fsp3) is 0.308. The number of likely N-dealkylation sites (N-methyl/N-ethyl adjacent to an activating group) is 1. The van der Waals surface area contributed by atoms with Gasteiger partial charge in [-0.1, -0.05) is 6.92 Å².